The number of sulfonamides is 1. The van der Waals surface area contributed by atoms with Crippen LogP contribution in [-0.2, 0) is 35.5 Å². The van der Waals surface area contributed by atoms with Crippen molar-refractivity contribution in [3.63, 3.8) is 0 Å². The Morgan fingerprint density at radius 3 is 2.66 bits per heavy atom. The topological polar surface area (TPSA) is 147 Å². The van der Waals surface area contributed by atoms with E-state index in [1.807, 2.05) is 36.4 Å². The first-order chi connectivity index (χ1) is 19.8. The fourth-order valence-electron chi connectivity index (χ4n) is 5.50. The molecule has 12 heteroatoms. The lowest BCUT2D eigenvalue weighted by molar-refractivity contribution is -0.145. The summed E-state index contributed by atoms with van der Waals surface area (Å²) in [6, 6.07) is 16.0. The van der Waals surface area contributed by atoms with Crippen LogP contribution >= 0.6 is 0 Å². The first-order valence-corrected chi connectivity index (χ1v) is 15.4. The van der Waals surface area contributed by atoms with Gasteiger partial charge in [-0.1, -0.05) is 53.7 Å². The minimum Gasteiger partial charge on any atom is -0.443 e. The summed E-state index contributed by atoms with van der Waals surface area (Å²) >= 11 is 0. The number of hydrogen-bond acceptors (Lipinski definition) is 9. The summed E-state index contributed by atoms with van der Waals surface area (Å²) in [6.07, 6.45) is 0.841. The van der Waals surface area contributed by atoms with Crippen LogP contribution in [0.25, 0.3) is 0 Å². The smallest absolute Gasteiger partial charge is 0.407 e. The number of rotatable bonds is 11. The highest BCUT2D eigenvalue weighted by Gasteiger charge is 2.44. The van der Waals surface area contributed by atoms with Gasteiger partial charge >= 0.3 is 6.09 Å². The van der Waals surface area contributed by atoms with E-state index in [4.69, 9.17) is 19.0 Å². The van der Waals surface area contributed by atoms with Gasteiger partial charge in [-0.05, 0) is 49.4 Å². The summed E-state index contributed by atoms with van der Waals surface area (Å²) in [5.41, 5.74) is 1.02. The van der Waals surface area contributed by atoms with Crippen molar-refractivity contribution in [3.8, 4) is 6.07 Å². The number of alkyl carbamates (subject to hydrolysis) is 1. The van der Waals surface area contributed by atoms with Gasteiger partial charge < -0.3 is 24.6 Å². The fourth-order valence-corrected chi connectivity index (χ4v) is 6.85. The molecule has 5 rings (SSSR count). The van der Waals surface area contributed by atoms with Crippen molar-refractivity contribution in [2.24, 2.45) is 5.92 Å². The van der Waals surface area contributed by atoms with Gasteiger partial charge in [0.15, 0.2) is 6.29 Å². The van der Waals surface area contributed by atoms with E-state index in [1.54, 1.807) is 0 Å². The molecule has 2 heterocycles. The summed E-state index contributed by atoms with van der Waals surface area (Å²) in [5.74, 6) is -0.0529. The molecule has 11 nitrogen and oxygen atoms in total. The highest BCUT2D eigenvalue weighted by molar-refractivity contribution is 7.89. The van der Waals surface area contributed by atoms with Crippen molar-refractivity contribution < 1.29 is 37.4 Å². The monoisotopic (exact) mass is 585 g/mol. The van der Waals surface area contributed by atoms with Gasteiger partial charge in [-0.25, -0.2) is 13.2 Å². The van der Waals surface area contributed by atoms with E-state index in [0.29, 0.717) is 19.4 Å². The molecule has 2 aliphatic heterocycles. The molecule has 2 aromatic carbocycles. The lowest BCUT2D eigenvalue weighted by Gasteiger charge is -2.31. The van der Waals surface area contributed by atoms with Crippen LogP contribution in [0.5, 0.6) is 0 Å². The van der Waals surface area contributed by atoms with Crippen LogP contribution < -0.4 is 5.32 Å². The van der Waals surface area contributed by atoms with Gasteiger partial charge in [0.1, 0.15) is 6.10 Å². The number of aliphatic hydroxyl groups is 1. The largest absolute Gasteiger partial charge is 0.443 e. The van der Waals surface area contributed by atoms with Crippen LogP contribution in [0.3, 0.4) is 0 Å². The average molecular weight is 586 g/mol. The number of aliphatic hydroxyl groups excluding tert-OH is 1. The predicted molar refractivity (Wildman–Crippen MR) is 146 cm³/mol. The van der Waals surface area contributed by atoms with E-state index in [0.717, 1.165) is 29.3 Å². The van der Waals surface area contributed by atoms with Crippen molar-refractivity contribution in [1.29, 1.82) is 5.26 Å². The molecule has 0 spiro atoms. The van der Waals surface area contributed by atoms with Gasteiger partial charge in [-0.2, -0.15) is 5.26 Å². The first kappa shape index (κ1) is 29.4. The molecule has 0 aromatic heterocycles. The average Bonchev–Trinajstić information content (AvgIpc) is 3.74. The molecule has 0 unspecified atom stereocenters. The predicted octanol–water partition coefficient (Wildman–Crippen LogP) is 2.88. The molecule has 41 heavy (non-hydrogen) atoms. The van der Waals surface area contributed by atoms with Crippen molar-refractivity contribution in [2.45, 2.75) is 74.1 Å². The van der Waals surface area contributed by atoms with E-state index in [1.165, 1.54) is 24.3 Å². The Morgan fingerprint density at radius 2 is 1.90 bits per heavy atom. The molecule has 1 saturated carbocycles. The third-order valence-corrected chi connectivity index (χ3v) is 9.36. The summed E-state index contributed by atoms with van der Waals surface area (Å²) in [6.45, 7) is 0.310. The quantitative estimate of drug-likeness (QED) is 0.380. The Morgan fingerprint density at radius 1 is 1.12 bits per heavy atom. The summed E-state index contributed by atoms with van der Waals surface area (Å²) in [7, 11) is -4.25. The number of carbonyl (C=O) groups excluding carboxylic acids is 1. The Balaban J connectivity index is 1.35. The number of nitrogens with one attached hydrogen (secondary N) is 1. The Bertz CT molecular complexity index is 1330. The zero-order valence-corrected chi connectivity index (χ0v) is 23.4. The fraction of sp³-hybridized carbons (Fsp3) is 0.517. The zero-order chi connectivity index (χ0) is 28.8. The van der Waals surface area contributed by atoms with E-state index >= 15 is 0 Å². The van der Waals surface area contributed by atoms with Crippen LogP contribution in [0, 0.1) is 17.2 Å². The van der Waals surface area contributed by atoms with E-state index < -0.39 is 40.9 Å². The molecule has 2 saturated heterocycles. The number of nitriles is 1. The molecule has 0 bridgehead atoms. The minimum atomic E-state index is -4.25. The number of hydroxylamine groups is 1. The SMILES string of the molecule is N#Cc1cccc(S(=O)(=O)N(C[C@@H](O)[C@H](Cc2ccccc2)NC(=O)O[C@H]2CO[C@H]3OCC[C@H]32)OC2CCCC2)c1. The van der Waals surface area contributed by atoms with Gasteiger partial charge in [-0.3, -0.25) is 4.84 Å². The standard InChI is InChI=1S/C29H35N3O8S/c30-17-21-9-6-12-23(15-21)41(35,36)32(40-22-10-4-5-11-22)18-26(33)25(16-20-7-2-1-3-8-20)31-29(34)39-27-19-38-28-24(27)13-14-37-28/h1-3,6-9,12,15,22,24-28,33H,4-5,10-11,13-14,16,18-19H2,(H,31,34)/t24-,25-,26+,27-,28+/m0/s1. The van der Waals surface area contributed by atoms with E-state index in [-0.39, 0.29) is 41.8 Å². The van der Waals surface area contributed by atoms with Crippen molar-refractivity contribution in [1.82, 2.24) is 9.79 Å². The highest BCUT2D eigenvalue weighted by Crippen LogP contribution is 2.33. The second-order valence-corrected chi connectivity index (χ2v) is 12.4. The maximum Gasteiger partial charge on any atom is 0.407 e. The summed E-state index contributed by atoms with van der Waals surface area (Å²) in [5, 5.41) is 23.5. The lowest BCUT2D eigenvalue weighted by Crippen LogP contribution is -2.51. The molecule has 0 radical (unpaired) electrons. The van der Waals surface area contributed by atoms with E-state index in [2.05, 4.69) is 5.32 Å². The van der Waals surface area contributed by atoms with Gasteiger partial charge in [0, 0.05) is 0 Å². The summed E-state index contributed by atoms with van der Waals surface area (Å²) < 4.78 is 44.9. The third kappa shape index (κ3) is 7.24. The minimum absolute atomic E-state index is 0.0529. The number of amides is 1. The van der Waals surface area contributed by atoms with Gasteiger partial charge in [0.05, 0.1) is 60.5 Å². The second-order valence-electron chi connectivity index (χ2n) is 10.6. The molecule has 220 valence electrons. The number of hydrogen-bond donors (Lipinski definition) is 2. The number of fused-ring (bicyclic) bond motifs is 1. The lowest BCUT2D eigenvalue weighted by atomic mass is 10.0. The number of nitrogens with zero attached hydrogens (tertiary/aromatic N) is 2. The summed E-state index contributed by atoms with van der Waals surface area (Å²) in [4.78, 5) is 18.9. The molecule has 5 atom stereocenters. The number of ether oxygens (including phenoxy) is 3. The molecular formula is C29H35N3O8S. The highest BCUT2D eigenvalue weighted by atomic mass is 32.2. The Kier molecular flexibility index (Phi) is 9.54. The van der Waals surface area contributed by atoms with Gasteiger partial charge in [0.25, 0.3) is 10.0 Å². The maximum absolute atomic E-state index is 13.7. The maximum atomic E-state index is 13.7. The molecular weight excluding hydrogens is 550 g/mol. The van der Waals surface area contributed by atoms with Crippen LogP contribution in [-0.4, -0.2) is 74.5 Å². The third-order valence-electron chi connectivity index (χ3n) is 7.74. The van der Waals surface area contributed by atoms with Gasteiger partial charge in [-0.15, -0.1) is 0 Å². The van der Waals surface area contributed by atoms with Crippen LogP contribution in [0.1, 0.15) is 43.2 Å². The van der Waals surface area contributed by atoms with Crippen LogP contribution in [0.4, 0.5) is 4.79 Å². The van der Waals surface area contributed by atoms with Crippen LogP contribution in [0.2, 0.25) is 0 Å². The van der Waals surface area contributed by atoms with Crippen LogP contribution in [0.15, 0.2) is 59.5 Å². The molecule has 3 fully saturated rings. The molecule has 1 aliphatic carbocycles. The molecule has 3 aliphatic rings. The Hall–Kier alpha value is -3.05. The normalized spacial score (nSPS) is 24.1. The van der Waals surface area contributed by atoms with E-state index in [9.17, 15) is 23.6 Å². The number of benzene rings is 2. The van der Waals surface area contributed by atoms with Crippen molar-refractivity contribution in [2.75, 3.05) is 19.8 Å². The molecule has 1 amide bonds. The Labute approximate surface area is 240 Å². The first-order valence-electron chi connectivity index (χ1n) is 14.0. The number of carbonyl (C=O) groups is 1. The van der Waals surface area contributed by atoms with Gasteiger partial charge in [0.2, 0.25) is 0 Å². The molecule has 2 aromatic rings. The second kappa shape index (κ2) is 13.3. The molecule has 2 N–H and O–H groups in total. The van der Waals surface area contributed by atoms with Crippen molar-refractivity contribution >= 4 is 16.1 Å². The van der Waals surface area contributed by atoms with Crippen molar-refractivity contribution in [3.05, 3.63) is 65.7 Å². The zero-order valence-electron chi connectivity index (χ0n) is 22.6.